The number of thioether (sulfide) groups is 1. The Hall–Kier alpha value is -1.57. The van der Waals surface area contributed by atoms with Gasteiger partial charge in [-0.15, -0.1) is 10.2 Å². The highest BCUT2D eigenvalue weighted by Crippen LogP contribution is 2.12. The smallest absolute Gasteiger partial charge is 0.236 e. The molecular formula is C7H11N5O2S. The normalized spacial score (nSPS) is 9.93. The van der Waals surface area contributed by atoms with E-state index in [-0.39, 0.29) is 18.2 Å². The molecule has 0 bridgehead atoms. The molecular weight excluding hydrogens is 218 g/mol. The van der Waals surface area contributed by atoms with Gasteiger partial charge in [0.15, 0.2) is 5.16 Å². The van der Waals surface area contributed by atoms with Crippen molar-refractivity contribution in [3.63, 3.8) is 0 Å². The molecule has 1 rings (SSSR count). The third-order valence-corrected chi connectivity index (χ3v) is 2.50. The van der Waals surface area contributed by atoms with Gasteiger partial charge in [-0.2, -0.15) is 0 Å². The third-order valence-electron chi connectivity index (χ3n) is 1.46. The van der Waals surface area contributed by atoms with Crippen LogP contribution < -0.4 is 11.1 Å². The Balaban J connectivity index is 2.28. The number of nitrogens with one attached hydrogen (secondary N) is 1. The molecule has 0 aromatic carbocycles. The lowest BCUT2D eigenvalue weighted by atomic mass is 10.6. The van der Waals surface area contributed by atoms with Gasteiger partial charge in [0.25, 0.3) is 0 Å². The van der Waals surface area contributed by atoms with Crippen LogP contribution in [0.15, 0.2) is 11.5 Å². The monoisotopic (exact) mass is 229 g/mol. The van der Waals surface area contributed by atoms with Crippen LogP contribution >= 0.6 is 11.8 Å². The van der Waals surface area contributed by atoms with Gasteiger partial charge < -0.3 is 15.6 Å². The zero-order valence-corrected chi connectivity index (χ0v) is 8.95. The number of amides is 2. The van der Waals surface area contributed by atoms with Gasteiger partial charge in [-0.25, -0.2) is 0 Å². The fourth-order valence-corrected chi connectivity index (χ4v) is 1.49. The minimum atomic E-state index is -0.563. The van der Waals surface area contributed by atoms with E-state index in [1.54, 1.807) is 17.9 Å². The van der Waals surface area contributed by atoms with Gasteiger partial charge in [-0.3, -0.25) is 9.59 Å². The van der Waals surface area contributed by atoms with Crippen LogP contribution in [-0.2, 0) is 16.6 Å². The molecule has 0 spiro atoms. The number of carbonyl (C=O) groups excluding carboxylic acids is 2. The molecule has 0 aliphatic carbocycles. The molecule has 0 aliphatic rings. The molecule has 0 saturated heterocycles. The molecule has 1 aromatic rings. The van der Waals surface area contributed by atoms with Crippen LogP contribution in [0.25, 0.3) is 0 Å². The highest BCUT2D eigenvalue weighted by atomic mass is 32.2. The average molecular weight is 229 g/mol. The first-order valence-corrected chi connectivity index (χ1v) is 5.10. The highest BCUT2D eigenvalue weighted by Gasteiger charge is 2.06. The number of aromatic nitrogens is 3. The number of hydrogen-bond acceptors (Lipinski definition) is 5. The maximum atomic E-state index is 11.2. The van der Waals surface area contributed by atoms with Crippen LogP contribution in [0.3, 0.4) is 0 Å². The molecule has 0 fully saturated rings. The van der Waals surface area contributed by atoms with Crippen LogP contribution in [0.5, 0.6) is 0 Å². The molecule has 1 aromatic heterocycles. The van der Waals surface area contributed by atoms with E-state index in [1.807, 2.05) is 0 Å². The van der Waals surface area contributed by atoms with E-state index in [9.17, 15) is 9.59 Å². The van der Waals surface area contributed by atoms with Gasteiger partial charge in [0.05, 0.1) is 12.3 Å². The van der Waals surface area contributed by atoms with E-state index in [0.29, 0.717) is 5.16 Å². The van der Waals surface area contributed by atoms with Gasteiger partial charge >= 0.3 is 0 Å². The van der Waals surface area contributed by atoms with Crippen molar-refractivity contribution in [2.75, 3.05) is 12.3 Å². The molecule has 0 unspecified atom stereocenters. The van der Waals surface area contributed by atoms with Gasteiger partial charge in [0, 0.05) is 7.05 Å². The topological polar surface area (TPSA) is 103 Å². The first kappa shape index (κ1) is 11.5. The number of aryl methyl sites for hydroxylation is 1. The number of primary amides is 1. The summed E-state index contributed by atoms with van der Waals surface area (Å²) in [5, 5.41) is 10.5. The summed E-state index contributed by atoms with van der Waals surface area (Å²) < 4.78 is 1.70. The third kappa shape index (κ3) is 3.98. The lowest BCUT2D eigenvalue weighted by molar-refractivity contribution is -0.123. The second-order valence-corrected chi connectivity index (χ2v) is 3.70. The zero-order valence-electron chi connectivity index (χ0n) is 8.14. The molecule has 2 amide bonds. The predicted molar refractivity (Wildman–Crippen MR) is 53.9 cm³/mol. The molecule has 7 nitrogen and oxygen atoms in total. The standard InChI is InChI=1S/C7H11N5O2S/c1-12-4-10-11-7(12)15-3-6(14)9-2-5(8)13/h4H,2-3H2,1H3,(H2,8,13)(H,9,14). The van der Waals surface area contributed by atoms with Crippen LogP contribution in [-0.4, -0.2) is 38.9 Å². The average Bonchev–Trinajstić information content (AvgIpc) is 2.58. The molecule has 0 radical (unpaired) electrons. The van der Waals surface area contributed by atoms with Crippen LogP contribution in [0, 0.1) is 0 Å². The van der Waals surface area contributed by atoms with E-state index in [2.05, 4.69) is 15.5 Å². The van der Waals surface area contributed by atoms with E-state index in [4.69, 9.17) is 5.73 Å². The maximum Gasteiger partial charge on any atom is 0.236 e. The summed E-state index contributed by atoms with van der Waals surface area (Å²) in [6, 6.07) is 0. The maximum absolute atomic E-state index is 11.2. The van der Waals surface area contributed by atoms with Gasteiger partial charge in [-0.1, -0.05) is 11.8 Å². The first-order chi connectivity index (χ1) is 7.09. The molecule has 0 saturated carbocycles. The Labute approximate surface area is 90.4 Å². The summed E-state index contributed by atoms with van der Waals surface area (Å²) in [7, 11) is 1.78. The van der Waals surface area contributed by atoms with Gasteiger partial charge in [0.1, 0.15) is 6.33 Å². The molecule has 82 valence electrons. The van der Waals surface area contributed by atoms with Crippen LogP contribution in [0.2, 0.25) is 0 Å². The molecule has 1 heterocycles. The molecule has 0 atom stereocenters. The lowest BCUT2D eigenvalue weighted by Gasteiger charge is -2.01. The highest BCUT2D eigenvalue weighted by molar-refractivity contribution is 7.99. The second kappa shape index (κ2) is 5.35. The summed E-state index contributed by atoms with van der Waals surface area (Å²) in [5.41, 5.74) is 4.87. The largest absolute Gasteiger partial charge is 0.368 e. The fourth-order valence-electron chi connectivity index (χ4n) is 0.770. The van der Waals surface area contributed by atoms with E-state index in [1.165, 1.54) is 11.8 Å². The number of nitrogens with two attached hydrogens (primary N) is 1. The predicted octanol–water partition coefficient (Wildman–Crippen LogP) is -1.49. The molecule has 15 heavy (non-hydrogen) atoms. The quantitative estimate of drug-likeness (QED) is 0.599. The Morgan fingerprint density at radius 3 is 2.93 bits per heavy atom. The first-order valence-electron chi connectivity index (χ1n) is 4.11. The van der Waals surface area contributed by atoms with Crippen molar-refractivity contribution in [3.05, 3.63) is 6.33 Å². The summed E-state index contributed by atoms with van der Waals surface area (Å²) in [4.78, 5) is 21.5. The minimum Gasteiger partial charge on any atom is -0.368 e. The van der Waals surface area contributed by atoms with E-state index < -0.39 is 5.91 Å². The van der Waals surface area contributed by atoms with Crippen molar-refractivity contribution in [1.29, 1.82) is 0 Å². The van der Waals surface area contributed by atoms with Crippen LogP contribution in [0.4, 0.5) is 0 Å². The second-order valence-electron chi connectivity index (χ2n) is 2.76. The Morgan fingerprint density at radius 2 is 2.40 bits per heavy atom. The molecule has 3 N–H and O–H groups in total. The van der Waals surface area contributed by atoms with Crippen molar-refractivity contribution in [3.8, 4) is 0 Å². The van der Waals surface area contributed by atoms with Crippen molar-refractivity contribution < 1.29 is 9.59 Å². The summed E-state index contributed by atoms with van der Waals surface area (Å²) >= 11 is 1.24. The van der Waals surface area contributed by atoms with Gasteiger partial charge in [-0.05, 0) is 0 Å². The number of nitrogens with zero attached hydrogens (tertiary/aromatic N) is 3. The van der Waals surface area contributed by atoms with E-state index in [0.717, 1.165) is 0 Å². The van der Waals surface area contributed by atoms with Crippen LogP contribution in [0.1, 0.15) is 0 Å². The van der Waals surface area contributed by atoms with Crippen molar-refractivity contribution >= 4 is 23.6 Å². The summed E-state index contributed by atoms with van der Waals surface area (Å²) in [6.07, 6.45) is 1.55. The van der Waals surface area contributed by atoms with Gasteiger partial charge in [0.2, 0.25) is 11.8 Å². The zero-order chi connectivity index (χ0) is 11.3. The number of carbonyl (C=O) groups is 2. The molecule has 8 heteroatoms. The minimum absolute atomic E-state index is 0.141. The van der Waals surface area contributed by atoms with Crippen molar-refractivity contribution in [1.82, 2.24) is 20.1 Å². The Morgan fingerprint density at radius 1 is 1.67 bits per heavy atom. The Bertz CT molecular complexity index is 364. The summed E-state index contributed by atoms with van der Waals surface area (Å²) in [5.74, 6) is -0.645. The van der Waals surface area contributed by atoms with E-state index >= 15 is 0 Å². The van der Waals surface area contributed by atoms with Crippen molar-refractivity contribution in [2.24, 2.45) is 12.8 Å². The van der Waals surface area contributed by atoms with Crippen molar-refractivity contribution in [2.45, 2.75) is 5.16 Å². The SMILES string of the molecule is Cn1cnnc1SCC(=O)NCC(N)=O. The Kier molecular flexibility index (Phi) is 4.10. The number of hydrogen-bond donors (Lipinski definition) is 2. The summed E-state index contributed by atoms with van der Waals surface area (Å²) in [6.45, 7) is -0.141. The molecule has 0 aliphatic heterocycles. The fraction of sp³-hybridized carbons (Fsp3) is 0.429. The lowest BCUT2D eigenvalue weighted by Crippen LogP contribution is -2.34. The number of rotatable bonds is 5.